The fraction of sp³-hybridized carbons (Fsp3) is 0.158. The molecule has 0 aliphatic heterocycles. The summed E-state index contributed by atoms with van der Waals surface area (Å²) < 4.78 is 5.14. The lowest BCUT2D eigenvalue weighted by Crippen LogP contribution is -2.10. The summed E-state index contributed by atoms with van der Waals surface area (Å²) in [5.74, 6) is -0.444. The van der Waals surface area contributed by atoms with E-state index in [0.717, 1.165) is 22.1 Å². The first-order valence-electron chi connectivity index (χ1n) is 7.54. The topological polar surface area (TPSA) is 39.2 Å². The maximum atomic E-state index is 12.3. The highest BCUT2D eigenvalue weighted by Gasteiger charge is 2.20. The van der Waals surface area contributed by atoms with Crippen LogP contribution in [0.25, 0.3) is 22.0 Å². The van der Waals surface area contributed by atoms with Gasteiger partial charge in [-0.1, -0.05) is 41.4 Å². The Balaban J connectivity index is 2.40. The number of aromatic nitrogens is 1. The first-order chi connectivity index (χ1) is 11.5. The predicted molar refractivity (Wildman–Crippen MR) is 97.9 cm³/mol. The van der Waals surface area contributed by atoms with Crippen molar-refractivity contribution >= 4 is 40.1 Å². The van der Waals surface area contributed by atoms with Gasteiger partial charge in [-0.15, -0.1) is 0 Å². The molecule has 5 heteroatoms. The Morgan fingerprint density at radius 1 is 1.17 bits per heavy atom. The van der Waals surface area contributed by atoms with Crippen molar-refractivity contribution in [3.63, 3.8) is 0 Å². The van der Waals surface area contributed by atoms with Gasteiger partial charge in [0.2, 0.25) is 0 Å². The van der Waals surface area contributed by atoms with E-state index in [2.05, 4.69) is 4.98 Å². The molecular weight excluding hydrogens is 345 g/mol. The Morgan fingerprint density at radius 2 is 1.92 bits per heavy atom. The molecule has 1 aromatic heterocycles. The number of hydrogen-bond acceptors (Lipinski definition) is 3. The molecule has 0 amide bonds. The molecule has 3 nitrogen and oxygen atoms in total. The molecule has 0 radical (unpaired) electrons. The second-order valence-electron chi connectivity index (χ2n) is 5.32. The van der Waals surface area contributed by atoms with E-state index in [4.69, 9.17) is 27.9 Å². The van der Waals surface area contributed by atoms with Crippen LogP contribution in [0.15, 0.2) is 42.5 Å². The predicted octanol–water partition coefficient (Wildman–Crippen LogP) is 5.69. The van der Waals surface area contributed by atoms with E-state index in [0.29, 0.717) is 27.9 Å². The van der Waals surface area contributed by atoms with Crippen LogP contribution in [0.3, 0.4) is 0 Å². The lowest BCUT2D eigenvalue weighted by atomic mass is 9.95. The third-order valence-corrected chi connectivity index (χ3v) is 4.37. The maximum absolute atomic E-state index is 12.3. The molecule has 0 spiro atoms. The van der Waals surface area contributed by atoms with Gasteiger partial charge in [0, 0.05) is 21.0 Å². The summed E-state index contributed by atoms with van der Waals surface area (Å²) in [5.41, 5.74) is 3.36. The second-order valence-corrected chi connectivity index (χ2v) is 6.17. The Bertz CT molecular complexity index is 938. The number of benzene rings is 2. The number of esters is 1. The van der Waals surface area contributed by atoms with E-state index in [9.17, 15) is 4.79 Å². The lowest BCUT2D eigenvalue weighted by Gasteiger charge is -2.15. The van der Waals surface area contributed by atoms with Crippen LogP contribution in [0, 0.1) is 6.92 Å². The van der Waals surface area contributed by atoms with E-state index in [-0.39, 0.29) is 0 Å². The van der Waals surface area contributed by atoms with Gasteiger partial charge in [-0.25, -0.2) is 9.78 Å². The molecule has 0 atom stereocenters. The Kier molecular flexibility index (Phi) is 4.74. The molecule has 122 valence electrons. The standard InChI is InChI=1S/C19H15Cl2NO2/c1-3-24-19(23)18-11(2)17(13-6-4-5-7-15(13)21)14-10-12(20)8-9-16(14)22-18/h4-10H,3H2,1-2H3. The van der Waals surface area contributed by atoms with Crippen molar-refractivity contribution in [3.8, 4) is 11.1 Å². The van der Waals surface area contributed by atoms with Gasteiger partial charge in [0.05, 0.1) is 12.1 Å². The molecule has 3 aromatic rings. The number of halogens is 2. The molecular formula is C19H15Cl2NO2. The molecule has 0 N–H and O–H groups in total. The molecule has 3 rings (SSSR count). The molecule has 0 bridgehead atoms. The summed E-state index contributed by atoms with van der Waals surface area (Å²) in [7, 11) is 0. The molecule has 24 heavy (non-hydrogen) atoms. The molecule has 1 heterocycles. The van der Waals surface area contributed by atoms with Gasteiger partial charge in [-0.2, -0.15) is 0 Å². The molecule has 0 saturated carbocycles. The summed E-state index contributed by atoms with van der Waals surface area (Å²) in [6, 6.07) is 12.9. The first-order valence-corrected chi connectivity index (χ1v) is 8.30. The fourth-order valence-electron chi connectivity index (χ4n) is 2.74. The zero-order valence-electron chi connectivity index (χ0n) is 13.3. The highest BCUT2D eigenvalue weighted by Crippen LogP contribution is 2.37. The van der Waals surface area contributed by atoms with Gasteiger partial charge in [0.1, 0.15) is 0 Å². The number of carbonyl (C=O) groups excluding carboxylic acids is 1. The van der Waals surface area contributed by atoms with Gasteiger partial charge < -0.3 is 4.74 Å². The second kappa shape index (κ2) is 6.80. The average molecular weight is 360 g/mol. The van der Waals surface area contributed by atoms with Gasteiger partial charge >= 0.3 is 5.97 Å². The third kappa shape index (κ3) is 2.97. The largest absolute Gasteiger partial charge is 0.461 e. The normalized spacial score (nSPS) is 10.8. The van der Waals surface area contributed by atoms with Crippen LogP contribution in [-0.4, -0.2) is 17.6 Å². The number of nitrogens with zero attached hydrogens (tertiary/aromatic N) is 1. The summed E-state index contributed by atoms with van der Waals surface area (Å²) in [6.45, 7) is 3.90. The summed E-state index contributed by atoms with van der Waals surface area (Å²) in [6.07, 6.45) is 0. The van der Waals surface area contributed by atoms with Crippen LogP contribution < -0.4 is 0 Å². The molecule has 2 aromatic carbocycles. The Labute approximate surface area is 150 Å². The van der Waals surface area contributed by atoms with Crippen LogP contribution in [0.5, 0.6) is 0 Å². The van der Waals surface area contributed by atoms with Crippen molar-refractivity contribution in [1.29, 1.82) is 0 Å². The number of hydrogen-bond donors (Lipinski definition) is 0. The number of fused-ring (bicyclic) bond motifs is 1. The fourth-order valence-corrected chi connectivity index (χ4v) is 3.14. The molecule has 0 aliphatic rings. The average Bonchev–Trinajstić information content (AvgIpc) is 2.56. The number of rotatable bonds is 3. The maximum Gasteiger partial charge on any atom is 0.357 e. The van der Waals surface area contributed by atoms with E-state index >= 15 is 0 Å². The minimum Gasteiger partial charge on any atom is -0.461 e. The minimum absolute atomic E-state index is 0.292. The number of carbonyl (C=O) groups is 1. The lowest BCUT2D eigenvalue weighted by molar-refractivity contribution is 0.0519. The Morgan fingerprint density at radius 3 is 2.62 bits per heavy atom. The van der Waals surface area contributed by atoms with Crippen LogP contribution in [0.1, 0.15) is 23.0 Å². The molecule has 0 unspecified atom stereocenters. The van der Waals surface area contributed by atoms with Crippen LogP contribution in [-0.2, 0) is 4.74 Å². The van der Waals surface area contributed by atoms with Crippen molar-refractivity contribution in [2.24, 2.45) is 0 Å². The monoisotopic (exact) mass is 359 g/mol. The quantitative estimate of drug-likeness (QED) is 0.563. The Hall–Kier alpha value is -2.10. The van der Waals surface area contributed by atoms with Crippen LogP contribution in [0.2, 0.25) is 10.0 Å². The van der Waals surface area contributed by atoms with Crippen molar-refractivity contribution in [3.05, 3.63) is 63.8 Å². The first kappa shape index (κ1) is 16.7. The summed E-state index contributed by atoms with van der Waals surface area (Å²) >= 11 is 12.6. The van der Waals surface area contributed by atoms with Crippen molar-refractivity contribution < 1.29 is 9.53 Å². The van der Waals surface area contributed by atoms with E-state index in [1.165, 1.54) is 0 Å². The van der Waals surface area contributed by atoms with Crippen molar-refractivity contribution in [1.82, 2.24) is 4.98 Å². The van der Waals surface area contributed by atoms with Crippen molar-refractivity contribution in [2.75, 3.05) is 6.61 Å². The van der Waals surface area contributed by atoms with Gasteiger partial charge in [0.15, 0.2) is 5.69 Å². The van der Waals surface area contributed by atoms with Gasteiger partial charge in [0.25, 0.3) is 0 Å². The molecule has 0 aliphatic carbocycles. The highest BCUT2D eigenvalue weighted by atomic mass is 35.5. The molecule has 0 saturated heterocycles. The van der Waals surface area contributed by atoms with E-state index in [1.54, 1.807) is 19.1 Å². The van der Waals surface area contributed by atoms with Crippen molar-refractivity contribution in [2.45, 2.75) is 13.8 Å². The SMILES string of the molecule is CCOC(=O)c1nc2ccc(Cl)cc2c(-c2ccccc2Cl)c1C. The number of ether oxygens (including phenoxy) is 1. The van der Waals surface area contributed by atoms with Gasteiger partial charge in [-0.3, -0.25) is 0 Å². The third-order valence-electron chi connectivity index (χ3n) is 3.80. The van der Waals surface area contributed by atoms with Gasteiger partial charge in [-0.05, 0) is 49.2 Å². The summed E-state index contributed by atoms with van der Waals surface area (Å²) in [5, 5.41) is 2.05. The molecule has 0 fully saturated rings. The van der Waals surface area contributed by atoms with E-state index < -0.39 is 5.97 Å². The zero-order valence-corrected chi connectivity index (χ0v) is 14.8. The van der Waals surface area contributed by atoms with E-state index in [1.807, 2.05) is 37.3 Å². The number of pyridine rings is 1. The smallest absolute Gasteiger partial charge is 0.357 e. The minimum atomic E-state index is -0.444. The van der Waals surface area contributed by atoms with Crippen LogP contribution >= 0.6 is 23.2 Å². The van der Waals surface area contributed by atoms with Crippen LogP contribution in [0.4, 0.5) is 0 Å². The zero-order chi connectivity index (χ0) is 17.3. The summed E-state index contributed by atoms with van der Waals surface area (Å²) in [4.78, 5) is 16.8. The highest BCUT2D eigenvalue weighted by molar-refractivity contribution is 6.34.